The molecule has 0 aliphatic carbocycles. The van der Waals surface area contributed by atoms with E-state index in [2.05, 4.69) is 28.2 Å². The number of rotatable bonds is 9. The topological polar surface area (TPSA) is 58.6 Å². The molecule has 5 nitrogen and oxygen atoms in total. The molecule has 0 aliphatic heterocycles. The molecule has 0 radical (unpaired) electrons. The molecule has 0 unspecified atom stereocenters. The quantitative estimate of drug-likeness (QED) is 0.456. The second-order valence-corrected chi connectivity index (χ2v) is 10.3. The van der Waals surface area contributed by atoms with E-state index in [1.807, 2.05) is 62.5 Å². The van der Waals surface area contributed by atoms with Crippen LogP contribution in [0.4, 0.5) is 4.79 Å². The van der Waals surface area contributed by atoms with Crippen molar-refractivity contribution < 1.29 is 14.3 Å². The van der Waals surface area contributed by atoms with Crippen LogP contribution in [-0.2, 0) is 22.6 Å². The number of halogens is 1. The summed E-state index contributed by atoms with van der Waals surface area (Å²) in [7, 11) is 0. The fraction of sp³-hybridized carbons (Fsp3) is 0.478. The van der Waals surface area contributed by atoms with E-state index in [0.717, 1.165) is 27.8 Å². The number of hydrogen-bond donors (Lipinski definition) is 1. The maximum Gasteiger partial charge on any atom is 0.408 e. The number of hydrogen-bond acceptors (Lipinski definition) is 4. The summed E-state index contributed by atoms with van der Waals surface area (Å²) < 4.78 is 6.59. The molecule has 0 saturated carbocycles. The molecule has 0 saturated heterocycles. The minimum absolute atomic E-state index is 0.163. The highest BCUT2D eigenvalue weighted by atomic mass is 79.9. The molecular weight excluding hydrogens is 464 g/mol. The van der Waals surface area contributed by atoms with Crippen LogP contribution in [0.2, 0.25) is 0 Å². The number of unbranched alkanes of at least 4 members (excludes halogenated alkanes) is 1. The van der Waals surface area contributed by atoms with E-state index in [4.69, 9.17) is 4.74 Å². The van der Waals surface area contributed by atoms with E-state index in [1.165, 1.54) is 0 Å². The normalized spacial score (nSPS) is 12.3. The third kappa shape index (κ3) is 8.48. The molecule has 1 atom stereocenters. The molecule has 1 N–H and O–H groups in total. The lowest BCUT2D eigenvalue weighted by Gasteiger charge is -2.28. The number of amides is 2. The van der Waals surface area contributed by atoms with Gasteiger partial charge in [0.2, 0.25) is 0 Å². The van der Waals surface area contributed by atoms with E-state index in [1.54, 1.807) is 16.2 Å². The third-order valence-corrected chi connectivity index (χ3v) is 5.74. The Labute approximate surface area is 191 Å². The second-order valence-electron chi connectivity index (χ2n) is 8.31. The molecular formula is C23H31BrN2O3S. The first-order chi connectivity index (χ1) is 14.2. The Kier molecular flexibility index (Phi) is 9.37. The van der Waals surface area contributed by atoms with E-state index in [9.17, 15) is 9.59 Å². The van der Waals surface area contributed by atoms with E-state index in [0.29, 0.717) is 19.5 Å². The Balaban J connectivity index is 2.20. The number of benzene rings is 1. The average molecular weight is 495 g/mol. The number of alkyl carbamates (subject to hydrolysis) is 1. The van der Waals surface area contributed by atoms with Gasteiger partial charge in [-0.25, -0.2) is 4.79 Å². The van der Waals surface area contributed by atoms with Gasteiger partial charge in [-0.05, 0) is 62.8 Å². The van der Waals surface area contributed by atoms with Crippen molar-refractivity contribution in [3.8, 4) is 0 Å². The van der Waals surface area contributed by atoms with Crippen LogP contribution in [0.1, 0.15) is 57.4 Å². The lowest BCUT2D eigenvalue weighted by atomic mass is 10.1. The Morgan fingerprint density at radius 2 is 1.87 bits per heavy atom. The summed E-state index contributed by atoms with van der Waals surface area (Å²) in [6.45, 7) is 8.65. The minimum atomic E-state index is -0.803. The summed E-state index contributed by atoms with van der Waals surface area (Å²) in [5.74, 6) is -0.163. The molecule has 0 fully saturated rings. The first-order valence-corrected chi connectivity index (χ1v) is 11.9. The summed E-state index contributed by atoms with van der Waals surface area (Å²) >= 11 is 5.06. The summed E-state index contributed by atoms with van der Waals surface area (Å²) in [6, 6.07) is 11.9. The Morgan fingerprint density at radius 1 is 1.17 bits per heavy atom. The molecule has 30 heavy (non-hydrogen) atoms. The molecule has 0 aliphatic rings. The molecule has 2 rings (SSSR count). The lowest BCUT2D eigenvalue weighted by Crippen LogP contribution is -2.46. The highest BCUT2D eigenvalue weighted by Crippen LogP contribution is 2.20. The summed E-state index contributed by atoms with van der Waals surface area (Å²) in [6.07, 6.45) is 0.879. The molecule has 2 aromatic rings. The standard InChI is InChI=1S/C23H31BrN2O3S/c1-5-6-9-20(29-22(28)25-23(2,3)4)21(27)26(16-19-8-7-14-30-19)15-17-10-12-18(24)13-11-17/h7-8,10-14,20H,5-6,9,15-16H2,1-4H3,(H,25,28)/t20-/m0/s1. The Morgan fingerprint density at radius 3 is 2.43 bits per heavy atom. The van der Waals surface area contributed by atoms with Crippen LogP contribution in [0.3, 0.4) is 0 Å². The molecule has 7 heteroatoms. The number of nitrogens with zero attached hydrogens (tertiary/aromatic N) is 1. The fourth-order valence-electron chi connectivity index (χ4n) is 2.90. The SMILES string of the molecule is CCCC[C@H](OC(=O)NC(C)(C)C)C(=O)N(Cc1ccc(Br)cc1)Cc1cccs1. The van der Waals surface area contributed by atoms with Crippen molar-refractivity contribution in [2.45, 2.75) is 71.7 Å². The van der Waals surface area contributed by atoms with Gasteiger partial charge in [-0.2, -0.15) is 0 Å². The zero-order valence-electron chi connectivity index (χ0n) is 18.1. The lowest BCUT2D eigenvalue weighted by molar-refractivity contribution is -0.142. The smallest absolute Gasteiger partial charge is 0.408 e. The maximum atomic E-state index is 13.5. The van der Waals surface area contributed by atoms with Crippen molar-refractivity contribution in [1.29, 1.82) is 0 Å². The van der Waals surface area contributed by atoms with Gasteiger partial charge in [0.1, 0.15) is 0 Å². The predicted molar refractivity (Wildman–Crippen MR) is 125 cm³/mol. The highest BCUT2D eigenvalue weighted by molar-refractivity contribution is 9.10. The largest absolute Gasteiger partial charge is 0.436 e. The molecule has 0 spiro atoms. The van der Waals surface area contributed by atoms with Gasteiger partial charge in [-0.1, -0.05) is 47.5 Å². The molecule has 1 heterocycles. The Bertz CT molecular complexity index is 801. The van der Waals surface area contributed by atoms with Gasteiger partial charge < -0.3 is 15.0 Å². The average Bonchev–Trinajstić information content (AvgIpc) is 3.17. The number of carbonyl (C=O) groups excluding carboxylic acids is 2. The van der Waals surface area contributed by atoms with Crippen molar-refractivity contribution in [3.63, 3.8) is 0 Å². The van der Waals surface area contributed by atoms with Crippen LogP contribution in [0.5, 0.6) is 0 Å². The van der Waals surface area contributed by atoms with Gasteiger partial charge in [0.25, 0.3) is 5.91 Å². The second kappa shape index (κ2) is 11.5. The van der Waals surface area contributed by atoms with Crippen LogP contribution in [-0.4, -0.2) is 28.5 Å². The third-order valence-electron chi connectivity index (χ3n) is 4.35. The monoisotopic (exact) mass is 494 g/mol. The summed E-state index contributed by atoms with van der Waals surface area (Å²) in [4.78, 5) is 28.7. The van der Waals surface area contributed by atoms with Crippen molar-refractivity contribution in [3.05, 3.63) is 56.7 Å². The van der Waals surface area contributed by atoms with Crippen LogP contribution in [0.25, 0.3) is 0 Å². The van der Waals surface area contributed by atoms with E-state index in [-0.39, 0.29) is 5.91 Å². The van der Waals surface area contributed by atoms with E-state index < -0.39 is 17.7 Å². The zero-order chi connectivity index (χ0) is 22.1. The summed E-state index contributed by atoms with van der Waals surface area (Å²) in [5.41, 5.74) is 0.597. The van der Waals surface area contributed by atoms with Gasteiger partial charge in [0.15, 0.2) is 6.10 Å². The number of carbonyl (C=O) groups is 2. The number of thiophene rings is 1. The number of nitrogens with one attached hydrogen (secondary N) is 1. The van der Waals surface area contributed by atoms with Gasteiger partial charge in [-0.15, -0.1) is 11.3 Å². The van der Waals surface area contributed by atoms with Crippen molar-refractivity contribution in [1.82, 2.24) is 10.2 Å². The molecule has 0 bridgehead atoms. The first kappa shape index (κ1) is 24.4. The molecule has 164 valence electrons. The zero-order valence-corrected chi connectivity index (χ0v) is 20.5. The van der Waals surface area contributed by atoms with Crippen LogP contribution in [0, 0.1) is 0 Å². The van der Waals surface area contributed by atoms with Gasteiger partial charge in [0, 0.05) is 21.4 Å². The van der Waals surface area contributed by atoms with Crippen molar-refractivity contribution in [2.24, 2.45) is 0 Å². The maximum absolute atomic E-state index is 13.5. The number of ether oxygens (including phenoxy) is 1. The Hall–Kier alpha value is -1.86. The van der Waals surface area contributed by atoms with Crippen molar-refractivity contribution in [2.75, 3.05) is 0 Å². The molecule has 1 aromatic carbocycles. The van der Waals surface area contributed by atoms with Gasteiger partial charge in [-0.3, -0.25) is 4.79 Å². The van der Waals surface area contributed by atoms with Crippen LogP contribution < -0.4 is 5.32 Å². The van der Waals surface area contributed by atoms with Gasteiger partial charge in [0.05, 0.1) is 6.54 Å². The fourth-order valence-corrected chi connectivity index (χ4v) is 3.89. The molecule has 2 amide bonds. The van der Waals surface area contributed by atoms with Crippen LogP contribution in [0.15, 0.2) is 46.3 Å². The first-order valence-electron chi connectivity index (χ1n) is 10.2. The predicted octanol–water partition coefficient (Wildman–Crippen LogP) is 6.12. The van der Waals surface area contributed by atoms with Crippen LogP contribution >= 0.6 is 27.3 Å². The molecule has 1 aromatic heterocycles. The van der Waals surface area contributed by atoms with Crippen molar-refractivity contribution >= 4 is 39.3 Å². The van der Waals surface area contributed by atoms with E-state index >= 15 is 0 Å². The minimum Gasteiger partial charge on any atom is -0.436 e. The van der Waals surface area contributed by atoms with Gasteiger partial charge >= 0.3 is 6.09 Å². The summed E-state index contributed by atoms with van der Waals surface area (Å²) in [5, 5.41) is 4.79. The highest BCUT2D eigenvalue weighted by Gasteiger charge is 2.29.